The van der Waals surface area contributed by atoms with Gasteiger partial charge in [-0.3, -0.25) is 14.7 Å². The highest BCUT2D eigenvalue weighted by Crippen LogP contribution is 2.29. The molecule has 0 radical (unpaired) electrons. The minimum Gasteiger partial charge on any atom is -0.488 e. The molecular weight excluding hydrogens is 513 g/mol. The maximum Gasteiger partial charge on any atom is 0.319 e. The van der Waals surface area contributed by atoms with Gasteiger partial charge in [0.05, 0.1) is 25.3 Å². The molecule has 10 heteroatoms. The molecule has 3 amide bonds. The van der Waals surface area contributed by atoms with Crippen molar-refractivity contribution in [1.82, 2.24) is 20.1 Å². The Morgan fingerprint density at radius 2 is 2.05 bits per heavy atom. The number of aliphatic hydroxyl groups is 1. The fraction of sp³-hybridized carbons (Fsp3) is 0.567. The van der Waals surface area contributed by atoms with Crippen LogP contribution in [0.2, 0.25) is 0 Å². The summed E-state index contributed by atoms with van der Waals surface area (Å²) >= 11 is 0. The number of halogens is 1. The number of hydrogen-bond acceptors (Lipinski definition) is 6. The molecule has 1 aromatic carbocycles. The van der Waals surface area contributed by atoms with Crippen molar-refractivity contribution in [1.29, 1.82) is 0 Å². The zero-order valence-electron chi connectivity index (χ0n) is 23.7. The first-order valence-electron chi connectivity index (χ1n) is 14.3. The van der Waals surface area contributed by atoms with Gasteiger partial charge >= 0.3 is 6.03 Å². The fourth-order valence-electron chi connectivity index (χ4n) is 5.52. The lowest BCUT2D eigenvalue weighted by Gasteiger charge is -2.34. The molecule has 218 valence electrons. The smallest absolute Gasteiger partial charge is 0.319 e. The van der Waals surface area contributed by atoms with Crippen molar-refractivity contribution in [2.45, 2.75) is 77.1 Å². The Morgan fingerprint density at radius 3 is 2.77 bits per heavy atom. The molecular formula is C30H42FN5O4. The average Bonchev–Trinajstić information content (AvgIpc) is 2.97. The van der Waals surface area contributed by atoms with Crippen LogP contribution in [0.15, 0.2) is 36.7 Å². The molecule has 1 aliphatic carbocycles. The molecule has 0 spiro atoms. The summed E-state index contributed by atoms with van der Waals surface area (Å²) in [7, 11) is 1.90. The SMILES string of the molecule is CC(CO)N1C[C@@H](C)[C@H](CN(C)Cc2ccncc2F)Oc2ccc(NC(=O)NC3CCCCC3)cc2CC1=O. The molecule has 0 bridgehead atoms. The van der Waals surface area contributed by atoms with Gasteiger partial charge in [0, 0.05) is 54.6 Å². The number of ether oxygens (including phenoxy) is 1. The van der Waals surface area contributed by atoms with E-state index in [9.17, 15) is 19.1 Å². The molecule has 0 saturated heterocycles. The van der Waals surface area contributed by atoms with Gasteiger partial charge in [-0.05, 0) is 51.1 Å². The number of hydrogen-bond donors (Lipinski definition) is 3. The van der Waals surface area contributed by atoms with Crippen LogP contribution in [0.25, 0.3) is 0 Å². The van der Waals surface area contributed by atoms with Crippen molar-refractivity contribution in [3.8, 4) is 5.75 Å². The van der Waals surface area contributed by atoms with Crippen LogP contribution >= 0.6 is 0 Å². The van der Waals surface area contributed by atoms with E-state index in [1.54, 1.807) is 35.4 Å². The number of likely N-dealkylation sites (N-methyl/N-ethyl adjacent to an activating group) is 1. The summed E-state index contributed by atoms with van der Waals surface area (Å²) in [5.74, 6) is 0.0253. The van der Waals surface area contributed by atoms with Crippen molar-refractivity contribution in [3.05, 3.63) is 53.6 Å². The molecule has 1 saturated carbocycles. The number of fused-ring (bicyclic) bond motifs is 1. The topological polar surface area (TPSA) is 107 Å². The second-order valence-electron chi connectivity index (χ2n) is 11.3. The van der Waals surface area contributed by atoms with Crippen molar-refractivity contribution >= 4 is 17.6 Å². The van der Waals surface area contributed by atoms with Crippen LogP contribution in [0.4, 0.5) is 14.9 Å². The summed E-state index contributed by atoms with van der Waals surface area (Å²) in [6, 6.07) is 6.60. The quantitative estimate of drug-likeness (QED) is 0.455. The molecule has 9 nitrogen and oxygen atoms in total. The summed E-state index contributed by atoms with van der Waals surface area (Å²) in [5, 5.41) is 15.8. The van der Waals surface area contributed by atoms with Crippen molar-refractivity contribution in [2.75, 3.05) is 32.1 Å². The maximum atomic E-state index is 14.2. The van der Waals surface area contributed by atoms with E-state index in [4.69, 9.17) is 4.74 Å². The van der Waals surface area contributed by atoms with Crippen LogP contribution in [0.3, 0.4) is 0 Å². The van der Waals surface area contributed by atoms with E-state index in [1.807, 2.05) is 25.8 Å². The van der Waals surface area contributed by atoms with E-state index < -0.39 is 0 Å². The lowest BCUT2D eigenvalue weighted by molar-refractivity contribution is -0.134. The molecule has 2 heterocycles. The standard InChI is InChI=1S/C30H42FN5O4/c1-20-16-36(21(2)19-37)29(38)14-23-13-25(34-30(39)33-24-7-5-4-6-8-24)9-10-27(23)40-28(20)18-35(3)17-22-11-12-32-15-26(22)31/h9-13,15,20-21,24,28,37H,4-8,14,16-19H2,1-3H3,(H2,33,34,39)/t20-,21?,28+/m1/s1. The number of nitrogens with zero attached hydrogens (tertiary/aromatic N) is 3. The molecule has 2 aromatic rings. The second kappa shape index (κ2) is 13.9. The van der Waals surface area contributed by atoms with Gasteiger partial charge in [0.25, 0.3) is 0 Å². The molecule has 2 aliphatic rings. The number of nitrogens with one attached hydrogen (secondary N) is 2. The number of benzene rings is 1. The summed E-state index contributed by atoms with van der Waals surface area (Å²) in [6.45, 7) is 4.97. The van der Waals surface area contributed by atoms with E-state index in [1.165, 1.54) is 12.6 Å². The van der Waals surface area contributed by atoms with Gasteiger partial charge in [-0.15, -0.1) is 0 Å². The zero-order chi connectivity index (χ0) is 28.6. The van der Waals surface area contributed by atoms with E-state index in [2.05, 4.69) is 15.6 Å². The third kappa shape index (κ3) is 7.91. The van der Waals surface area contributed by atoms with Gasteiger partial charge < -0.3 is 25.4 Å². The van der Waals surface area contributed by atoms with Gasteiger partial charge in [-0.25, -0.2) is 9.18 Å². The maximum absolute atomic E-state index is 14.2. The second-order valence-corrected chi connectivity index (χ2v) is 11.3. The highest BCUT2D eigenvalue weighted by atomic mass is 19.1. The van der Waals surface area contributed by atoms with Gasteiger partial charge in [-0.1, -0.05) is 26.2 Å². The number of aromatic nitrogens is 1. The Labute approximate surface area is 236 Å². The van der Waals surface area contributed by atoms with Gasteiger partial charge in [0.1, 0.15) is 17.7 Å². The summed E-state index contributed by atoms with van der Waals surface area (Å²) < 4.78 is 20.8. The van der Waals surface area contributed by atoms with Gasteiger partial charge in [-0.2, -0.15) is 0 Å². The highest BCUT2D eigenvalue weighted by Gasteiger charge is 2.31. The first-order valence-corrected chi connectivity index (χ1v) is 14.3. The summed E-state index contributed by atoms with van der Waals surface area (Å²) in [6.07, 6.45) is 7.97. The first-order chi connectivity index (χ1) is 19.2. The van der Waals surface area contributed by atoms with E-state index in [0.29, 0.717) is 42.2 Å². The number of rotatable bonds is 8. The average molecular weight is 556 g/mol. The van der Waals surface area contributed by atoms with E-state index >= 15 is 0 Å². The number of anilines is 1. The predicted molar refractivity (Wildman–Crippen MR) is 152 cm³/mol. The normalized spacial score (nSPS) is 21.1. The van der Waals surface area contributed by atoms with Crippen LogP contribution in [-0.4, -0.2) is 76.8 Å². The molecule has 1 fully saturated rings. The highest BCUT2D eigenvalue weighted by molar-refractivity contribution is 5.90. The van der Waals surface area contributed by atoms with E-state index in [-0.39, 0.29) is 54.9 Å². The lowest BCUT2D eigenvalue weighted by atomic mass is 9.96. The lowest BCUT2D eigenvalue weighted by Crippen LogP contribution is -2.47. The van der Waals surface area contributed by atoms with Crippen molar-refractivity contribution in [2.24, 2.45) is 5.92 Å². The Balaban J connectivity index is 1.54. The van der Waals surface area contributed by atoms with Gasteiger partial charge in [0.15, 0.2) is 0 Å². The largest absolute Gasteiger partial charge is 0.488 e. The Morgan fingerprint density at radius 1 is 1.27 bits per heavy atom. The zero-order valence-corrected chi connectivity index (χ0v) is 23.7. The number of pyridine rings is 1. The Hall–Kier alpha value is -3.24. The summed E-state index contributed by atoms with van der Waals surface area (Å²) in [5.41, 5.74) is 1.79. The molecule has 1 aromatic heterocycles. The van der Waals surface area contributed by atoms with Crippen LogP contribution < -0.4 is 15.4 Å². The van der Waals surface area contributed by atoms with Crippen LogP contribution in [0.1, 0.15) is 57.1 Å². The third-order valence-electron chi connectivity index (χ3n) is 7.90. The fourth-order valence-corrected chi connectivity index (χ4v) is 5.52. The molecule has 1 unspecified atom stereocenters. The Kier molecular flexibility index (Phi) is 10.3. The third-order valence-corrected chi connectivity index (χ3v) is 7.90. The number of aliphatic hydroxyl groups excluding tert-OH is 1. The first kappa shape index (κ1) is 29.7. The predicted octanol–water partition coefficient (Wildman–Crippen LogP) is 3.96. The Bertz CT molecular complexity index is 1160. The monoisotopic (exact) mass is 555 g/mol. The summed E-state index contributed by atoms with van der Waals surface area (Å²) in [4.78, 5) is 33.6. The van der Waals surface area contributed by atoms with Crippen LogP contribution in [0, 0.1) is 11.7 Å². The minimum atomic E-state index is -0.358. The molecule has 40 heavy (non-hydrogen) atoms. The molecule has 3 atom stereocenters. The molecule has 3 N–H and O–H groups in total. The minimum absolute atomic E-state index is 0.0762. The number of carbonyl (C=O) groups excluding carboxylic acids is 2. The number of carbonyl (C=O) groups is 2. The molecule has 4 rings (SSSR count). The number of amides is 3. The number of urea groups is 1. The van der Waals surface area contributed by atoms with Crippen molar-refractivity contribution in [3.63, 3.8) is 0 Å². The van der Waals surface area contributed by atoms with Crippen molar-refractivity contribution < 1.29 is 23.8 Å². The van der Waals surface area contributed by atoms with Gasteiger partial charge in [0.2, 0.25) is 5.91 Å². The van der Waals surface area contributed by atoms with Crippen LogP contribution in [0.5, 0.6) is 5.75 Å². The van der Waals surface area contributed by atoms with Crippen LogP contribution in [-0.2, 0) is 17.8 Å². The molecule has 1 aliphatic heterocycles. The van der Waals surface area contributed by atoms with E-state index in [0.717, 1.165) is 25.7 Å².